The highest BCUT2D eigenvalue weighted by molar-refractivity contribution is 6.03. The molecule has 1 fully saturated rings. The van der Waals surface area contributed by atoms with Crippen LogP contribution >= 0.6 is 0 Å². The molecular weight excluding hydrogens is 318 g/mol. The third-order valence-electron chi connectivity index (χ3n) is 4.30. The number of hydrogen-bond donors (Lipinski definition) is 1. The third-order valence-corrected chi connectivity index (χ3v) is 4.30. The first-order valence-electron chi connectivity index (χ1n) is 8.33. The van der Waals surface area contributed by atoms with Crippen LogP contribution in [0.15, 0.2) is 12.4 Å². The normalized spacial score (nSPS) is 15.3. The molecule has 3 heterocycles. The molecule has 0 aliphatic carbocycles. The number of amides is 1. The molecule has 3 rings (SSSR count). The average molecular weight is 341 g/mol. The van der Waals surface area contributed by atoms with Crippen LogP contribution in [-0.4, -0.2) is 64.0 Å². The smallest absolute Gasteiger partial charge is 0.275 e. The molecule has 0 unspecified atom stereocenters. The first-order valence-corrected chi connectivity index (χ1v) is 8.33. The molecule has 1 amide bonds. The Hall–Kier alpha value is -2.61. The van der Waals surface area contributed by atoms with E-state index < -0.39 is 0 Å². The quantitative estimate of drug-likeness (QED) is 0.897. The van der Waals surface area contributed by atoms with Crippen LogP contribution in [0.25, 0.3) is 0 Å². The standard InChI is InChI=1S/C17H23N7O/c1-11-9-19-14(10-18-11)16(25)22-15-12(2)20-17(21-13(15)3)24-7-5-23(4)6-8-24/h9-10H,5-8H2,1-4H3,(H,22,25). The van der Waals surface area contributed by atoms with Gasteiger partial charge in [0.15, 0.2) is 0 Å². The van der Waals surface area contributed by atoms with Crippen LogP contribution in [0.3, 0.4) is 0 Å². The summed E-state index contributed by atoms with van der Waals surface area (Å²) in [4.78, 5) is 34.2. The molecule has 25 heavy (non-hydrogen) atoms. The molecule has 0 bridgehead atoms. The Balaban J connectivity index is 1.78. The van der Waals surface area contributed by atoms with Crippen molar-refractivity contribution in [1.29, 1.82) is 0 Å². The zero-order valence-electron chi connectivity index (χ0n) is 15.1. The number of likely N-dealkylation sites (N-methyl/N-ethyl adjacent to an activating group) is 1. The van der Waals surface area contributed by atoms with Crippen molar-refractivity contribution in [2.45, 2.75) is 20.8 Å². The molecule has 0 aromatic carbocycles. The van der Waals surface area contributed by atoms with E-state index in [0.29, 0.717) is 5.69 Å². The lowest BCUT2D eigenvalue weighted by molar-refractivity contribution is 0.102. The number of aromatic nitrogens is 4. The number of carbonyl (C=O) groups is 1. The summed E-state index contributed by atoms with van der Waals surface area (Å²) in [5, 5.41) is 2.86. The van der Waals surface area contributed by atoms with Gasteiger partial charge in [0.05, 0.1) is 29.0 Å². The highest BCUT2D eigenvalue weighted by Crippen LogP contribution is 2.21. The molecule has 1 N–H and O–H groups in total. The molecule has 0 spiro atoms. The maximum absolute atomic E-state index is 12.4. The number of nitrogens with one attached hydrogen (secondary N) is 1. The molecule has 2 aromatic heterocycles. The van der Waals surface area contributed by atoms with E-state index in [1.807, 2.05) is 20.8 Å². The second-order valence-corrected chi connectivity index (χ2v) is 6.36. The number of aryl methyl sites for hydroxylation is 3. The maximum atomic E-state index is 12.4. The molecule has 1 saturated heterocycles. The molecule has 0 radical (unpaired) electrons. The predicted octanol–water partition coefficient (Wildman–Crippen LogP) is 1.20. The number of nitrogens with zero attached hydrogens (tertiary/aromatic N) is 6. The Kier molecular flexibility index (Phi) is 4.89. The maximum Gasteiger partial charge on any atom is 0.275 e. The van der Waals surface area contributed by atoms with Crippen LogP contribution in [0.1, 0.15) is 27.6 Å². The summed E-state index contributed by atoms with van der Waals surface area (Å²) in [5.74, 6) is 0.408. The molecule has 132 valence electrons. The zero-order valence-corrected chi connectivity index (χ0v) is 15.1. The minimum absolute atomic E-state index is 0.271. The fraction of sp³-hybridized carbons (Fsp3) is 0.471. The van der Waals surface area contributed by atoms with Crippen molar-refractivity contribution in [3.63, 3.8) is 0 Å². The lowest BCUT2D eigenvalue weighted by Crippen LogP contribution is -2.45. The summed E-state index contributed by atoms with van der Waals surface area (Å²) in [7, 11) is 2.11. The number of hydrogen-bond acceptors (Lipinski definition) is 7. The molecule has 0 saturated carbocycles. The number of carbonyl (C=O) groups excluding carboxylic acids is 1. The van der Waals surface area contributed by atoms with Gasteiger partial charge in [0, 0.05) is 32.4 Å². The fourth-order valence-electron chi connectivity index (χ4n) is 2.71. The lowest BCUT2D eigenvalue weighted by atomic mass is 10.2. The lowest BCUT2D eigenvalue weighted by Gasteiger charge is -2.32. The van der Waals surface area contributed by atoms with Gasteiger partial charge in [-0.1, -0.05) is 0 Å². The van der Waals surface area contributed by atoms with Gasteiger partial charge in [0.2, 0.25) is 5.95 Å². The van der Waals surface area contributed by atoms with Gasteiger partial charge in [0.25, 0.3) is 5.91 Å². The van der Waals surface area contributed by atoms with E-state index in [2.05, 4.69) is 42.1 Å². The van der Waals surface area contributed by atoms with Gasteiger partial charge in [-0.3, -0.25) is 9.78 Å². The van der Waals surface area contributed by atoms with Crippen molar-refractivity contribution in [2.24, 2.45) is 0 Å². The van der Waals surface area contributed by atoms with E-state index >= 15 is 0 Å². The van der Waals surface area contributed by atoms with Crippen molar-refractivity contribution in [1.82, 2.24) is 24.8 Å². The van der Waals surface area contributed by atoms with Crippen LogP contribution in [-0.2, 0) is 0 Å². The molecule has 0 atom stereocenters. The minimum atomic E-state index is -0.311. The molecule has 8 nitrogen and oxygen atoms in total. The summed E-state index contributed by atoms with van der Waals surface area (Å²) >= 11 is 0. The highest BCUT2D eigenvalue weighted by Gasteiger charge is 2.19. The second kappa shape index (κ2) is 7.10. The monoisotopic (exact) mass is 341 g/mol. The Morgan fingerprint density at radius 3 is 2.20 bits per heavy atom. The van der Waals surface area contributed by atoms with Gasteiger partial charge >= 0.3 is 0 Å². The Labute approximate surface area is 147 Å². The van der Waals surface area contributed by atoms with Crippen LogP contribution in [0.5, 0.6) is 0 Å². The summed E-state index contributed by atoms with van der Waals surface area (Å²) in [6.45, 7) is 9.38. The van der Waals surface area contributed by atoms with E-state index in [1.54, 1.807) is 6.20 Å². The summed E-state index contributed by atoms with van der Waals surface area (Å²) in [6.07, 6.45) is 3.04. The molecule has 8 heteroatoms. The molecular formula is C17H23N7O. The summed E-state index contributed by atoms with van der Waals surface area (Å²) in [6, 6.07) is 0. The minimum Gasteiger partial charge on any atom is -0.338 e. The van der Waals surface area contributed by atoms with Gasteiger partial charge in [-0.2, -0.15) is 0 Å². The van der Waals surface area contributed by atoms with Gasteiger partial charge < -0.3 is 15.1 Å². The molecule has 1 aliphatic heterocycles. The zero-order chi connectivity index (χ0) is 18.0. The topological polar surface area (TPSA) is 87.1 Å². The van der Waals surface area contributed by atoms with Crippen LogP contribution < -0.4 is 10.2 Å². The Morgan fingerprint density at radius 2 is 1.64 bits per heavy atom. The average Bonchev–Trinajstić information content (AvgIpc) is 2.59. The van der Waals surface area contributed by atoms with Crippen molar-refractivity contribution >= 4 is 17.5 Å². The highest BCUT2D eigenvalue weighted by atomic mass is 16.1. The predicted molar refractivity (Wildman–Crippen MR) is 95.9 cm³/mol. The van der Waals surface area contributed by atoms with Gasteiger partial charge in [-0.15, -0.1) is 0 Å². The van der Waals surface area contributed by atoms with Crippen molar-refractivity contribution < 1.29 is 4.79 Å². The number of anilines is 2. The second-order valence-electron chi connectivity index (χ2n) is 6.36. The van der Waals surface area contributed by atoms with Gasteiger partial charge in [-0.25, -0.2) is 15.0 Å². The van der Waals surface area contributed by atoms with Crippen LogP contribution in [0, 0.1) is 20.8 Å². The van der Waals surface area contributed by atoms with Crippen LogP contribution in [0.4, 0.5) is 11.6 Å². The van der Waals surface area contributed by atoms with Crippen molar-refractivity contribution in [2.75, 3.05) is 43.4 Å². The third kappa shape index (κ3) is 3.90. The Morgan fingerprint density at radius 1 is 1.00 bits per heavy atom. The van der Waals surface area contributed by atoms with E-state index in [9.17, 15) is 4.79 Å². The fourth-order valence-corrected chi connectivity index (χ4v) is 2.71. The van der Waals surface area contributed by atoms with Gasteiger partial charge in [0.1, 0.15) is 5.69 Å². The molecule has 2 aromatic rings. The van der Waals surface area contributed by atoms with Crippen molar-refractivity contribution in [3.05, 3.63) is 35.2 Å². The van der Waals surface area contributed by atoms with Crippen LogP contribution in [0.2, 0.25) is 0 Å². The van der Waals surface area contributed by atoms with E-state index in [0.717, 1.165) is 49.2 Å². The first kappa shape index (κ1) is 17.2. The molecule has 1 aliphatic rings. The SMILES string of the molecule is Cc1cnc(C(=O)Nc2c(C)nc(N3CCN(C)CC3)nc2C)cn1. The van der Waals surface area contributed by atoms with Crippen molar-refractivity contribution in [3.8, 4) is 0 Å². The van der Waals surface area contributed by atoms with E-state index in [4.69, 9.17) is 0 Å². The number of piperazine rings is 1. The van der Waals surface area contributed by atoms with Gasteiger partial charge in [-0.05, 0) is 27.8 Å². The number of rotatable bonds is 3. The summed E-state index contributed by atoms with van der Waals surface area (Å²) < 4.78 is 0. The van der Waals surface area contributed by atoms with E-state index in [-0.39, 0.29) is 11.6 Å². The first-order chi connectivity index (χ1) is 11.9. The largest absolute Gasteiger partial charge is 0.338 e. The summed E-state index contributed by atoms with van der Waals surface area (Å²) in [5.41, 5.74) is 3.16. The van der Waals surface area contributed by atoms with E-state index in [1.165, 1.54) is 6.20 Å². The Bertz CT molecular complexity index is 744.